The summed E-state index contributed by atoms with van der Waals surface area (Å²) in [6.45, 7) is 3.86. The van der Waals surface area contributed by atoms with Crippen molar-refractivity contribution in [3.8, 4) is 0 Å². The molecule has 1 rings (SSSR count). The van der Waals surface area contributed by atoms with Crippen LogP contribution in [-0.4, -0.2) is 48.8 Å². The van der Waals surface area contributed by atoms with Crippen molar-refractivity contribution >= 4 is 11.8 Å². The molecule has 0 bridgehead atoms. The number of aliphatic hydroxyl groups excluding tert-OH is 1. The Bertz CT molecular complexity index is 450. The van der Waals surface area contributed by atoms with Gasteiger partial charge in [0.1, 0.15) is 6.10 Å². The van der Waals surface area contributed by atoms with Gasteiger partial charge in [-0.25, -0.2) is 0 Å². The second kappa shape index (κ2) is 9.10. The van der Waals surface area contributed by atoms with Crippen molar-refractivity contribution < 1.29 is 19.4 Å². The van der Waals surface area contributed by atoms with Crippen molar-refractivity contribution in [3.63, 3.8) is 0 Å². The van der Waals surface area contributed by atoms with Crippen LogP contribution < -0.4 is 10.6 Å². The third kappa shape index (κ3) is 6.37. The quantitative estimate of drug-likeness (QED) is 0.644. The molecule has 0 fully saturated rings. The molecule has 6 nitrogen and oxygen atoms in total. The highest BCUT2D eigenvalue weighted by molar-refractivity contribution is 5.94. The lowest BCUT2D eigenvalue weighted by atomic mass is 10.1. The van der Waals surface area contributed by atoms with Gasteiger partial charge in [-0.15, -0.1) is 0 Å². The summed E-state index contributed by atoms with van der Waals surface area (Å²) in [5.41, 5.74) is 0.527. The number of aliphatic hydroxyl groups is 1. The maximum Gasteiger partial charge on any atom is 0.251 e. The van der Waals surface area contributed by atoms with Crippen LogP contribution in [0.25, 0.3) is 0 Å². The van der Waals surface area contributed by atoms with E-state index in [-0.39, 0.29) is 24.9 Å². The molecule has 116 valence electrons. The van der Waals surface area contributed by atoms with Gasteiger partial charge in [-0.2, -0.15) is 0 Å². The maximum absolute atomic E-state index is 11.9. The number of nitrogens with one attached hydrogen (secondary N) is 2. The highest BCUT2D eigenvalue weighted by Gasteiger charge is 2.20. The standard InChI is InChI=1S/C15H22N2O4/c1-3-21-14(10-16-11(2)18)13(19)9-17-15(20)12-7-5-4-6-8-12/h4-8,13-14,19H,3,9-10H2,1-2H3,(H,16,18)(H,17,20)/t13-,14+/m0/s1. The average Bonchev–Trinajstić information content (AvgIpc) is 2.49. The Kier molecular flexibility index (Phi) is 7.42. The molecule has 0 radical (unpaired) electrons. The smallest absolute Gasteiger partial charge is 0.251 e. The second-order valence-corrected chi connectivity index (χ2v) is 4.57. The molecule has 0 aliphatic carbocycles. The first-order chi connectivity index (χ1) is 10.0. The summed E-state index contributed by atoms with van der Waals surface area (Å²) in [6.07, 6.45) is -1.46. The molecule has 2 atom stereocenters. The monoisotopic (exact) mass is 294 g/mol. The Morgan fingerprint density at radius 3 is 2.43 bits per heavy atom. The molecule has 0 aliphatic heterocycles. The van der Waals surface area contributed by atoms with Gasteiger partial charge in [0, 0.05) is 32.2 Å². The average molecular weight is 294 g/mol. The minimum absolute atomic E-state index is 0.0536. The van der Waals surface area contributed by atoms with E-state index in [0.29, 0.717) is 12.2 Å². The van der Waals surface area contributed by atoms with Crippen LogP contribution in [0, 0.1) is 0 Å². The maximum atomic E-state index is 11.9. The summed E-state index contributed by atoms with van der Waals surface area (Å²) in [4.78, 5) is 22.8. The minimum Gasteiger partial charge on any atom is -0.388 e. The van der Waals surface area contributed by atoms with E-state index >= 15 is 0 Å². The van der Waals surface area contributed by atoms with Crippen molar-refractivity contribution in [1.82, 2.24) is 10.6 Å². The van der Waals surface area contributed by atoms with Crippen molar-refractivity contribution in [1.29, 1.82) is 0 Å². The Labute approximate surface area is 124 Å². The third-order valence-corrected chi connectivity index (χ3v) is 2.87. The van der Waals surface area contributed by atoms with Crippen LogP contribution >= 0.6 is 0 Å². The number of hydrogen-bond donors (Lipinski definition) is 3. The predicted molar refractivity (Wildman–Crippen MR) is 78.9 cm³/mol. The molecule has 0 spiro atoms. The second-order valence-electron chi connectivity index (χ2n) is 4.57. The number of carbonyl (C=O) groups is 2. The molecule has 0 saturated heterocycles. The molecule has 0 heterocycles. The van der Waals surface area contributed by atoms with Crippen molar-refractivity contribution in [3.05, 3.63) is 35.9 Å². The van der Waals surface area contributed by atoms with Gasteiger partial charge in [0.2, 0.25) is 5.91 Å². The zero-order chi connectivity index (χ0) is 15.7. The van der Waals surface area contributed by atoms with Crippen molar-refractivity contribution in [2.45, 2.75) is 26.1 Å². The van der Waals surface area contributed by atoms with E-state index in [1.54, 1.807) is 31.2 Å². The molecule has 0 unspecified atom stereocenters. The zero-order valence-electron chi connectivity index (χ0n) is 12.3. The lowest BCUT2D eigenvalue weighted by Gasteiger charge is -2.23. The third-order valence-electron chi connectivity index (χ3n) is 2.87. The Hall–Kier alpha value is -1.92. The number of carbonyl (C=O) groups excluding carboxylic acids is 2. The Morgan fingerprint density at radius 2 is 1.86 bits per heavy atom. The molecule has 21 heavy (non-hydrogen) atoms. The van der Waals surface area contributed by atoms with E-state index in [1.807, 2.05) is 6.07 Å². The largest absolute Gasteiger partial charge is 0.388 e. The fraction of sp³-hybridized carbons (Fsp3) is 0.467. The lowest BCUT2D eigenvalue weighted by molar-refractivity contribution is -0.120. The van der Waals surface area contributed by atoms with Gasteiger partial charge in [-0.05, 0) is 19.1 Å². The fourth-order valence-electron chi connectivity index (χ4n) is 1.78. The SMILES string of the molecule is CCO[C@H](CNC(C)=O)[C@@H](O)CNC(=O)c1ccccc1. The van der Waals surface area contributed by atoms with E-state index in [2.05, 4.69) is 10.6 Å². The zero-order valence-corrected chi connectivity index (χ0v) is 12.3. The van der Waals surface area contributed by atoms with E-state index in [4.69, 9.17) is 4.74 Å². The summed E-state index contributed by atoms with van der Waals surface area (Å²) in [5, 5.41) is 15.3. The number of rotatable bonds is 8. The molecule has 1 aromatic rings. The summed E-state index contributed by atoms with van der Waals surface area (Å²) in [5.74, 6) is -0.454. The topological polar surface area (TPSA) is 87.7 Å². The first kappa shape index (κ1) is 17.1. The first-order valence-corrected chi connectivity index (χ1v) is 6.92. The number of benzene rings is 1. The molecule has 3 N–H and O–H groups in total. The summed E-state index contributed by atoms with van der Waals surface area (Å²) in [7, 11) is 0. The van der Waals surface area contributed by atoms with E-state index in [1.165, 1.54) is 6.92 Å². The van der Waals surface area contributed by atoms with Crippen LogP contribution in [-0.2, 0) is 9.53 Å². The Morgan fingerprint density at radius 1 is 1.19 bits per heavy atom. The summed E-state index contributed by atoms with van der Waals surface area (Å²) in [6, 6.07) is 8.75. The van der Waals surface area contributed by atoms with Gasteiger partial charge < -0.3 is 20.5 Å². The van der Waals surface area contributed by atoms with Crippen LogP contribution in [0.1, 0.15) is 24.2 Å². The molecule has 2 amide bonds. The van der Waals surface area contributed by atoms with Crippen LogP contribution in [0.4, 0.5) is 0 Å². The van der Waals surface area contributed by atoms with Gasteiger partial charge in [0.05, 0.1) is 6.10 Å². The highest BCUT2D eigenvalue weighted by atomic mass is 16.5. The fourth-order valence-corrected chi connectivity index (χ4v) is 1.78. The van der Waals surface area contributed by atoms with Gasteiger partial charge in [0.25, 0.3) is 5.91 Å². The predicted octanol–water partition coefficient (Wildman–Crippen LogP) is 0.319. The van der Waals surface area contributed by atoms with Crippen LogP contribution in [0.2, 0.25) is 0 Å². The van der Waals surface area contributed by atoms with E-state index in [9.17, 15) is 14.7 Å². The van der Waals surface area contributed by atoms with Crippen molar-refractivity contribution in [2.75, 3.05) is 19.7 Å². The highest BCUT2D eigenvalue weighted by Crippen LogP contribution is 2.01. The molecule has 6 heteroatoms. The lowest BCUT2D eigenvalue weighted by Crippen LogP contribution is -2.45. The van der Waals surface area contributed by atoms with E-state index in [0.717, 1.165) is 0 Å². The van der Waals surface area contributed by atoms with Gasteiger partial charge in [0.15, 0.2) is 0 Å². The molecular formula is C15H22N2O4. The number of hydrogen-bond acceptors (Lipinski definition) is 4. The normalized spacial score (nSPS) is 13.3. The van der Waals surface area contributed by atoms with Crippen LogP contribution in [0.15, 0.2) is 30.3 Å². The van der Waals surface area contributed by atoms with Crippen molar-refractivity contribution in [2.24, 2.45) is 0 Å². The molecule has 1 aromatic carbocycles. The van der Waals surface area contributed by atoms with Gasteiger partial charge in [-0.3, -0.25) is 9.59 Å². The first-order valence-electron chi connectivity index (χ1n) is 6.92. The molecule has 0 saturated carbocycles. The van der Waals surface area contributed by atoms with Crippen LogP contribution in [0.5, 0.6) is 0 Å². The van der Waals surface area contributed by atoms with Gasteiger partial charge >= 0.3 is 0 Å². The van der Waals surface area contributed by atoms with E-state index < -0.39 is 12.2 Å². The minimum atomic E-state index is -0.899. The molecule has 0 aliphatic rings. The molecule has 0 aromatic heterocycles. The molecular weight excluding hydrogens is 272 g/mol. The summed E-state index contributed by atoms with van der Waals surface area (Å²) >= 11 is 0. The van der Waals surface area contributed by atoms with Crippen LogP contribution in [0.3, 0.4) is 0 Å². The Balaban J connectivity index is 2.47. The summed E-state index contributed by atoms with van der Waals surface area (Å²) < 4.78 is 5.38. The number of ether oxygens (including phenoxy) is 1. The van der Waals surface area contributed by atoms with Gasteiger partial charge in [-0.1, -0.05) is 18.2 Å². The number of amides is 2.